The summed E-state index contributed by atoms with van der Waals surface area (Å²) in [5.41, 5.74) is 0.0123. The van der Waals surface area contributed by atoms with Gasteiger partial charge in [-0.3, -0.25) is 19.3 Å². The average Bonchev–Trinajstić information content (AvgIpc) is 2.78. The zero-order valence-corrected chi connectivity index (χ0v) is 15.5. The van der Waals surface area contributed by atoms with Crippen LogP contribution in [0.15, 0.2) is 16.9 Å². The van der Waals surface area contributed by atoms with Gasteiger partial charge in [0.1, 0.15) is 5.54 Å². The third-order valence-electron chi connectivity index (χ3n) is 5.55. The Bertz CT molecular complexity index is 821. The summed E-state index contributed by atoms with van der Waals surface area (Å²) < 4.78 is 0. The normalized spacial score (nSPS) is 19.8. The van der Waals surface area contributed by atoms with Gasteiger partial charge < -0.3 is 14.8 Å². The minimum Gasteiger partial charge on any atom is -0.338 e. The van der Waals surface area contributed by atoms with Crippen LogP contribution in [-0.2, 0) is 4.79 Å². The third kappa shape index (κ3) is 2.60. The highest BCUT2D eigenvalue weighted by Gasteiger charge is 2.55. The van der Waals surface area contributed by atoms with E-state index in [9.17, 15) is 19.2 Å². The number of imide groups is 1. The Hall–Kier alpha value is -2.64. The Labute approximate surface area is 151 Å². The molecule has 0 bridgehead atoms. The molecule has 3 heterocycles. The van der Waals surface area contributed by atoms with Crippen LogP contribution < -0.4 is 5.56 Å². The number of aromatic amines is 1. The lowest BCUT2D eigenvalue weighted by atomic mass is 9.86. The minimum absolute atomic E-state index is 0.00722. The van der Waals surface area contributed by atoms with Crippen LogP contribution in [-0.4, -0.2) is 70.3 Å². The van der Waals surface area contributed by atoms with Gasteiger partial charge in [-0.15, -0.1) is 0 Å². The fourth-order valence-corrected chi connectivity index (χ4v) is 3.88. The Morgan fingerprint density at radius 2 is 1.73 bits per heavy atom. The highest BCUT2D eigenvalue weighted by Crippen LogP contribution is 2.35. The maximum absolute atomic E-state index is 13.0. The zero-order chi connectivity index (χ0) is 19.2. The van der Waals surface area contributed by atoms with E-state index in [1.54, 1.807) is 18.0 Å². The van der Waals surface area contributed by atoms with Gasteiger partial charge in [-0.05, 0) is 24.8 Å². The molecule has 1 aromatic rings. The van der Waals surface area contributed by atoms with Crippen molar-refractivity contribution in [3.63, 3.8) is 0 Å². The lowest BCUT2D eigenvalue weighted by Gasteiger charge is -2.41. The lowest BCUT2D eigenvalue weighted by molar-refractivity contribution is -0.134. The number of likely N-dealkylation sites (tertiary alicyclic amines) is 1. The summed E-state index contributed by atoms with van der Waals surface area (Å²) in [6, 6.07) is 2.61. The van der Waals surface area contributed by atoms with Crippen LogP contribution >= 0.6 is 0 Å². The molecule has 0 unspecified atom stereocenters. The van der Waals surface area contributed by atoms with E-state index in [0.29, 0.717) is 37.2 Å². The van der Waals surface area contributed by atoms with Crippen molar-refractivity contribution < 1.29 is 14.4 Å². The number of pyridine rings is 1. The van der Waals surface area contributed by atoms with Crippen LogP contribution in [0.2, 0.25) is 0 Å². The van der Waals surface area contributed by atoms with E-state index < -0.39 is 5.54 Å². The van der Waals surface area contributed by atoms with E-state index in [-0.39, 0.29) is 29.3 Å². The van der Waals surface area contributed by atoms with Gasteiger partial charge >= 0.3 is 6.03 Å². The number of nitrogens with zero attached hydrogens (tertiary/aromatic N) is 3. The number of nitrogens with one attached hydrogen (secondary N) is 1. The Morgan fingerprint density at radius 1 is 1.12 bits per heavy atom. The minimum atomic E-state index is -0.853. The lowest BCUT2D eigenvalue weighted by Crippen LogP contribution is -2.56. The van der Waals surface area contributed by atoms with Gasteiger partial charge in [0.2, 0.25) is 5.56 Å². The fourth-order valence-electron chi connectivity index (χ4n) is 3.88. The van der Waals surface area contributed by atoms with Gasteiger partial charge in [-0.2, -0.15) is 0 Å². The second kappa shape index (κ2) is 6.26. The second-order valence-corrected chi connectivity index (χ2v) is 7.33. The molecule has 8 heteroatoms. The largest absolute Gasteiger partial charge is 0.338 e. The van der Waals surface area contributed by atoms with E-state index in [1.807, 2.05) is 13.8 Å². The summed E-state index contributed by atoms with van der Waals surface area (Å²) in [6.45, 7) is 4.60. The molecule has 2 aliphatic rings. The molecule has 140 valence electrons. The first-order chi connectivity index (χ1) is 12.2. The number of carbonyl (C=O) groups excluding carboxylic acids is 3. The molecule has 4 amide bonds. The molecular formula is C18H24N4O4. The van der Waals surface area contributed by atoms with Crippen LogP contribution in [0.4, 0.5) is 4.79 Å². The van der Waals surface area contributed by atoms with Crippen molar-refractivity contribution in [2.24, 2.45) is 0 Å². The molecule has 0 aliphatic carbocycles. The van der Waals surface area contributed by atoms with Gasteiger partial charge in [-0.25, -0.2) is 4.79 Å². The topological polar surface area (TPSA) is 93.8 Å². The summed E-state index contributed by atoms with van der Waals surface area (Å²) in [5.74, 6) is -0.357. The molecule has 0 radical (unpaired) electrons. The smallest absolute Gasteiger partial charge is 0.327 e. The predicted molar refractivity (Wildman–Crippen MR) is 94.9 cm³/mol. The quantitative estimate of drug-likeness (QED) is 0.796. The summed E-state index contributed by atoms with van der Waals surface area (Å²) in [5, 5.41) is 0. The van der Waals surface area contributed by atoms with E-state index >= 15 is 0 Å². The third-order valence-corrected chi connectivity index (χ3v) is 5.55. The van der Waals surface area contributed by atoms with Gasteiger partial charge in [0, 0.05) is 38.9 Å². The zero-order valence-electron chi connectivity index (χ0n) is 15.5. The molecule has 26 heavy (non-hydrogen) atoms. The van der Waals surface area contributed by atoms with Crippen LogP contribution in [0.5, 0.6) is 0 Å². The first kappa shape index (κ1) is 18.2. The van der Waals surface area contributed by atoms with E-state index in [1.165, 1.54) is 18.0 Å². The summed E-state index contributed by atoms with van der Waals surface area (Å²) >= 11 is 0. The Morgan fingerprint density at radius 3 is 2.23 bits per heavy atom. The van der Waals surface area contributed by atoms with Crippen molar-refractivity contribution in [2.45, 2.75) is 38.1 Å². The predicted octanol–water partition coefficient (Wildman–Crippen LogP) is 0.997. The van der Waals surface area contributed by atoms with Gasteiger partial charge in [-0.1, -0.05) is 13.8 Å². The van der Waals surface area contributed by atoms with Crippen molar-refractivity contribution in [2.75, 3.05) is 27.2 Å². The molecule has 1 spiro atoms. The Balaban J connectivity index is 1.81. The van der Waals surface area contributed by atoms with Crippen molar-refractivity contribution in [3.05, 3.63) is 33.7 Å². The van der Waals surface area contributed by atoms with Gasteiger partial charge in [0.05, 0.1) is 5.56 Å². The summed E-state index contributed by atoms with van der Waals surface area (Å²) in [4.78, 5) is 56.3. The van der Waals surface area contributed by atoms with Crippen molar-refractivity contribution in [1.29, 1.82) is 0 Å². The molecule has 3 rings (SSSR count). The highest BCUT2D eigenvalue weighted by atomic mass is 16.2. The van der Waals surface area contributed by atoms with Crippen molar-refractivity contribution >= 4 is 17.8 Å². The number of piperidine rings is 1. The van der Waals surface area contributed by atoms with Gasteiger partial charge in [0.15, 0.2) is 0 Å². The number of amides is 4. The molecular weight excluding hydrogens is 336 g/mol. The first-order valence-corrected chi connectivity index (χ1v) is 8.77. The number of hydrogen-bond donors (Lipinski definition) is 1. The number of likely N-dealkylation sites (N-methyl/N-ethyl adjacent to an activating group) is 2. The van der Waals surface area contributed by atoms with Gasteiger partial charge in [0.25, 0.3) is 11.8 Å². The summed E-state index contributed by atoms with van der Waals surface area (Å²) in [6.07, 6.45) is 0.815. The number of rotatable bonds is 2. The molecule has 1 aromatic heterocycles. The number of hydrogen-bond acceptors (Lipinski definition) is 4. The number of urea groups is 1. The van der Waals surface area contributed by atoms with Crippen molar-refractivity contribution in [3.8, 4) is 0 Å². The van der Waals surface area contributed by atoms with Crippen LogP contribution in [0.1, 0.15) is 48.7 Å². The SMILES string of the molecule is CC(C)c1[nH]c(=O)ccc1C(=O)N1CCC2(CC1)C(=O)N(C)C(=O)N2C. The molecule has 1 N–H and O–H groups in total. The fraction of sp³-hybridized carbons (Fsp3) is 0.556. The van der Waals surface area contributed by atoms with Crippen LogP contribution in [0, 0.1) is 0 Å². The maximum atomic E-state index is 13.0. The Kier molecular flexibility index (Phi) is 4.37. The van der Waals surface area contributed by atoms with Crippen molar-refractivity contribution in [1.82, 2.24) is 19.7 Å². The molecule has 0 saturated carbocycles. The second-order valence-electron chi connectivity index (χ2n) is 7.33. The molecule has 2 fully saturated rings. The van der Waals surface area contributed by atoms with Crippen LogP contribution in [0.3, 0.4) is 0 Å². The van der Waals surface area contributed by atoms with E-state index in [2.05, 4.69) is 4.98 Å². The highest BCUT2D eigenvalue weighted by molar-refractivity contribution is 6.07. The van der Waals surface area contributed by atoms with Crippen LogP contribution in [0.25, 0.3) is 0 Å². The molecule has 8 nitrogen and oxygen atoms in total. The monoisotopic (exact) mass is 360 g/mol. The maximum Gasteiger partial charge on any atom is 0.327 e. The average molecular weight is 360 g/mol. The molecule has 0 aromatic carbocycles. The molecule has 2 saturated heterocycles. The van der Waals surface area contributed by atoms with E-state index in [0.717, 1.165) is 4.90 Å². The first-order valence-electron chi connectivity index (χ1n) is 8.77. The summed E-state index contributed by atoms with van der Waals surface area (Å²) in [7, 11) is 3.13. The molecule has 2 aliphatic heterocycles. The number of carbonyl (C=O) groups is 3. The standard InChI is InChI=1S/C18H24N4O4/c1-11(2)14-12(5-6-13(23)19-14)15(24)22-9-7-18(8-10-22)16(25)20(3)17(26)21(18)4/h5-6,11H,7-10H2,1-4H3,(H,19,23). The molecule has 0 atom stereocenters. The number of H-pyrrole nitrogens is 1. The van der Waals surface area contributed by atoms with E-state index in [4.69, 9.17) is 0 Å². The number of aromatic nitrogens is 1.